The third-order valence-corrected chi connectivity index (χ3v) is 7.33. The fraction of sp³-hybridized carbons (Fsp3) is 0.188. The first-order chi connectivity index (χ1) is 19.5. The molecule has 0 unspecified atom stereocenters. The summed E-state index contributed by atoms with van der Waals surface area (Å²) in [6.07, 6.45) is 0.575. The first kappa shape index (κ1) is 25.6. The molecule has 2 heterocycles. The summed E-state index contributed by atoms with van der Waals surface area (Å²) in [6, 6.07) is 28.3. The molecule has 1 aromatic heterocycles. The number of H-pyrrole nitrogens is 1. The van der Waals surface area contributed by atoms with Gasteiger partial charge in [-0.3, -0.25) is 9.89 Å². The largest absolute Gasteiger partial charge is 0.369 e. The molecule has 0 aliphatic carbocycles. The monoisotopic (exact) mass is 534 g/mol. The maximum Gasteiger partial charge on any atom is 0.258 e. The number of anilines is 4. The fourth-order valence-corrected chi connectivity index (χ4v) is 5.10. The van der Waals surface area contributed by atoms with Crippen molar-refractivity contribution in [3.63, 3.8) is 0 Å². The molecule has 0 radical (unpaired) electrons. The lowest BCUT2D eigenvalue weighted by Crippen LogP contribution is -2.44. The number of carbonyl (C=O) groups excluding carboxylic acids is 1. The van der Waals surface area contributed by atoms with Crippen LogP contribution >= 0.6 is 0 Å². The van der Waals surface area contributed by atoms with Crippen molar-refractivity contribution >= 4 is 39.7 Å². The van der Waals surface area contributed by atoms with E-state index in [0.717, 1.165) is 65.3 Å². The van der Waals surface area contributed by atoms with E-state index in [1.54, 1.807) is 6.07 Å². The van der Waals surface area contributed by atoms with Crippen LogP contribution in [0.3, 0.4) is 0 Å². The Morgan fingerprint density at radius 3 is 2.50 bits per heavy atom. The van der Waals surface area contributed by atoms with Gasteiger partial charge in [-0.05, 0) is 79.2 Å². The second kappa shape index (κ2) is 11.2. The van der Waals surface area contributed by atoms with Crippen molar-refractivity contribution in [2.24, 2.45) is 0 Å². The second-order valence-corrected chi connectivity index (χ2v) is 10.2. The quantitative estimate of drug-likeness (QED) is 0.237. The van der Waals surface area contributed by atoms with E-state index < -0.39 is 0 Å². The van der Waals surface area contributed by atoms with Crippen molar-refractivity contribution in [1.82, 2.24) is 15.1 Å². The van der Waals surface area contributed by atoms with Crippen LogP contribution in [0.15, 0.2) is 91.0 Å². The molecule has 1 aliphatic rings. The summed E-state index contributed by atoms with van der Waals surface area (Å²) >= 11 is 0. The first-order valence-corrected chi connectivity index (χ1v) is 13.4. The van der Waals surface area contributed by atoms with Gasteiger partial charge in [-0.1, -0.05) is 36.4 Å². The van der Waals surface area contributed by atoms with Crippen molar-refractivity contribution in [1.29, 1.82) is 0 Å². The van der Waals surface area contributed by atoms with Gasteiger partial charge in [-0.25, -0.2) is 4.39 Å². The van der Waals surface area contributed by atoms with Crippen LogP contribution in [0.25, 0.3) is 10.9 Å². The molecule has 7 nitrogen and oxygen atoms in total. The van der Waals surface area contributed by atoms with Crippen molar-refractivity contribution < 1.29 is 9.18 Å². The number of nitrogens with zero attached hydrogens (tertiary/aromatic N) is 3. The summed E-state index contributed by atoms with van der Waals surface area (Å²) in [5, 5.41) is 14.6. The highest BCUT2D eigenvalue weighted by atomic mass is 19.1. The van der Waals surface area contributed by atoms with Crippen LogP contribution < -0.4 is 15.5 Å². The molecule has 5 aromatic rings. The highest BCUT2D eigenvalue weighted by Crippen LogP contribution is 2.30. The summed E-state index contributed by atoms with van der Waals surface area (Å²) in [7, 11) is 2.14. The summed E-state index contributed by atoms with van der Waals surface area (Å²) < 4.78 is 13.7. The van der Waals surface area contributed by atoms with Gasteiger partial charge in [0.25, 0.3) is 5.91 Å². The number of para-hydroxylation sites is 1. The SMILES string of the molecule is CN1CCN(c2ccc(C(=O)Nc3n[nH]c4ccc(Cc5cccc(F)c5)cc34)c(Nc3ccccc3)c2)CC1. The number of nitrogens with one attached hydrogen (secondary N) is 3. The topological polar surface area (TPSA) is 76.3 Å². The van der Waals surface area contributed by atoms with Crippen LogP contribution in [0.4, 0.5) is 27.3 Å². The molecule has 40 heavy (non-hydrogen) atoms. The molecule has 6 rings (SSSR count). The molecule has 1 fully saturated rings. The lowest BCUT2D eigenvalue weighted by molar-refractivity contribution is 0.102. The average Bonchev–Trinajstić information content (AvgIpc) is 3.35. The van der Waals surface area contributed by atoms with Crippen molar-refractivity contribution in [2.75, 3.05) is 48.8 Å². The van der Waals surface area contributed by atoms with E-state index in [1.165, 1.54) is 12.1 Å². The summed E-state index contributed by atoms with van der Waals surface area (Å²) in [5.41, 5.74) is 5.92. The number of rotatable bonds is 7. The Balaban J connectivity index is 1.28. The van der Waals surface area contributed by atoms with Crippen molar-refractivity contribution in [3.05, 3.63) is 114 Å². The Kier molecular flexibility index (Phi) is 7.16. The zero-order chi connectivity index (χ0) is 27.5. The zero-order valence-corrected chi connectivity index (χ0v) is 22.3. The minimum absolute atomic E-state index is 0.256. The highest BCUT2D eigenvalue weighted by Gasteiger charge is 2.19. The second-order valence-electron chi connectivity index (χ2n) is 10.2. The number of benzene rings is 4. The van der Waals surface area contributed by atoms with E-state index in [-0.39, 0.29) is 11.7 Å². The number of hydrogen-bond donors (Lipinski definition) is 3. The summed E-state index contributed by atoms with van der Waals surface area (Å²) in [5.74, 6) is -0.0596. The number of likely N-dealkylation sites (N-methyl/N-ethyl adjacent to an activating group) is 1. The predicted molar refractivity (Wildman–Crippen MR) is 159 cm³/mol. The number of piperazine rings is 1. The number of aromatic amines is 1. The van der Waals surface area contributed by atoms with E-state index in [1.807, 2.05) is 72.8 Å². The van der Waals surface area contributed by atoms with Crippen molar-refractivity contribution in [2.45, 2.75) is 6.42 Å². The molecule has 0 spiro atoms. The molecule has 1 saturated heterocycles. The van der Waals surface area contributed by atoms with E-state index in [2.05, 4.69) is 37.7 Å². The Bertz CT molecular complexity index is 1640. The van der Waals surface area contributed by atoms with Gasteiger partial charge < -0.3 is 20.4 Å². The van der Waals surface area contributed by atoms with Crippen LogP contribution in [0.2, 0.25) is 0 Å². The maximum atomic E-state index is 13.7. The third kappa shape index (κ3) is 5.67. The highest BCUT2D eigenvalue weighted by molar-refractivity contribution is 6.11. The molecule has 0 bridgehead atoms. The summed E-state index contributed by atoms with van der Waals surface area (Å²) in [6.45, 7) is 3.86. The Labute approximate surface area is 232 Å². The van der Waals surface area contributed by atoms with Gasteiger partial charge in [0.1, 0.15) is 5.82 Å². The molecule has 3 N–H and O–H groups in total. The molecule has 4 aromatic carbocycles. The standard InChI is InChI=1S/C32H31FN6O/c1-38-14-16-39(17-15-38)26-11-12-27(30(21-26)34-25-8-3-2-4-9-25)32(40)35-31-28-20-23(10-13-29(28)36-37-31)18-22-6-5-7-24(33)19-22/h2-13,19-21,34H,14-18H2,1H3,(H2,35,36,37,40). The number of hydrogen-bond acceptors (Lipinski definition) is 5. The molecule has 0 saturated carbocycles. The maximum absolute atomic E-state index is 13.7. The van der Waals surface area contributed by atoms with Crippen LogP contribution in [-0.2, 0) is 6.42 Å². The summed E-state index contributed by atoms with van der Waals surface area (Å²) in [4.78, 5) is 18.3. The Hall–Kier alpha value is -4.69. The van der Waals surface area contributed by atoms with Crippen LogP contribution in [0.1, 0.15) is 21.5 Å². The number of fused-ring (bicyclic) bond motifs is 1. The number of amides is 1. The van der Waals surface area contributed by atoms with Gasteiger partial charge in [-0.2, -0.15) is 5.10 Å². The Morgan fingerprint density at radius 2 is 1.70 bits per heavy atom. The lowest BCUT2D eigenvalue weighted by atomic mass is 10.0. The van der Waals surface area contributed by atoms with Gasteiger partial charge >= 0.3 is 0 Å². The zero-order valence-electron chi connectivity index (χ0n) is 22.3. The normalized spacial score (nSPS) is 13.9. The van der Waals surface area contributed by atoms with Crippen LogP contribution in [0, 0.1) is 5.82 Å². The van der Waals surface area contributed by atoms with Gasteiger partial charge in [0.05, 0.1) is 16.8 Å². The average molecular weight is 535 g/mol. The van der Waals surface area contributed by atoms with Crippen LogP contribution in [-0.4, -0.2) is 54.2 Å². The minimum atomic E-state index is -0.257. The van der Waals surface area contributed by atoms with Gasteiger partial charge in [0.15, 0.2) is 5.82 Å². The third-order valence-electron chi connectivity index (χ3n) is 7.33. The molecule has 202 valence electrons. The molecule has 1 amide bonds. The number of carbonyl (C=O) groups is 1. The van der Waals surface area contributed by atoms with E-state index in [4.69, 9.17) is 0 Å². The van der Waals surface area contributed by atoms with Gasteiger partial charge in [0.2, 0.25) is 0 Å². The van der Waals surface area contributed by atoms with E-state index in [0.29, 0.717) is 17.8 Å². The molecule has 1 aliphatic heterocycles. The molecular weight excluding hydrogens is 503 g/mol. The predicted octanol–water partition coefficient (Wildman–Crippen LogP) is 6.04. The molecule has 0 atom stereocenters. The fourth-order valence-electron chi connectivity index (χ4n) is 5.10. The van der Waals surface area contributed by atoms with Crippen molar-refractivity contribution in [3.8, 4) is 0 Å². The molecular formula is C32H31FN6O. The number of aromatic nitrogens is 2. The minimum Gasteiger partial charge on any atom is -0.369 e. The van der Waals surface area contributed by atoms with Crippen LogP contribution in [0.5, 0.6) is 0 Å². The number of halogens is 1. The smallest absolute Gasteiger partial charge is 0.258 e. The van der Waals surface area contributed by atoms with Gasteiger partial charge in [0, 0.05) is 42.9 Å². The van der Waals surface area contributed by atoms with Gasteiger partial charge in [-0.15, -0.1) is 0 Å². The van der Waals surface area contributed by atoms with E-state index >= 15 is 0 Å². The molecule has 8 heteroatoms. The van der Waals surface area contributed by atoms with E-state index in [9.17, 15) is 9.18 Å². The Morgan fingerprint density at radius 1 is 0.900 bits per heavy atom. The lowest BCUT2D eigenvalue weighted by Gasteiger charge is -2.34. The first-order valence-electron chi connectivity index (χ1n) is 13.4.